The van der Waals surface area contributed by atoms with Gasteiger partial charge in [-0.05, 0) is 19.4 Å². The van der Waals surface area contributed by atoms with Crippen LogP contribution in [-0.2, 0) is 0 Å². The molecule has 3 N–H and O–H groups in total. The molecule has 0 aromatic rings. The van der Waals surface area contributed by atoms with Gasteiger partial charge < -0.3 is 15.5 Å². The number of rotatable bonds is 1. The SMILES string of the molecule is OCC1CC(O)CCN1. The van der Waals surface area contributed by atoms with Crippen molar-refractivity contribution in [3.05, 3.63) is 0 Å². The van der Waals surface area contributed by atoms with Gasteiger partial charge in [-0.3, -0.25) is 0 Å². The van der Waals surface area contributed by atoms with E-state index in [0.29, 0.717) is 6.42 Å². The van der Waals surface area contributed by atoms with Crippen LogP contribution in [0.1, 0.15) is 12.8 Å². The van der Waals surface area contributed by atoms with Crippen molar-refractivity contribution in [2.75, 3.05) is 13.2 Å². The molecule has 0 aliphatic carbocycles. The van der Waals surface area contributed by atoms with Crippen LogP contribution in [0.25, 0.3) is 0 Å². The lowest BCUT2D eigenvalue weighted by Gasteiger charge is -2.25. The van der Waals surface area contributed by atoms with Gasteiger partial charge in [0.05, 0.1) is 12.7 Å². The van der Waals surface area contributed by atoms with Crippen molar-refractivity contribution in [3.63, 3.8) is 0 Å². The van der Waals surface area contributed by atoms with Crippen LogP contribution in [0, 0.1) is 0 Å². The van der Waals surface area contributed by atoms with Gasteiger partial charge in [-0.2, -0.15) is 0 Å². The van der Waals surface area contributed by atoms with Crippen molar-refractivity contribution in [2.45, 2.75) is 25.0 Å². The van der Waals surface area contributed by atoms with Crippen LogP contribution >= 0.6 is 0 Å². The summed E-state index contributed by atoms with van der Waals surface area (Å²) < 4.78 is 0. The predicted molar refractivity (Wildman–Crippen MR) is 34.1 cm³/mol. The molecule has 54 valence electrons. The highest BCUT2D eigenvalue weighted by Crippen LogP contribution is 2.06. The second-order valence-corrected chi connectivity index (χ2v) is 2.51. The minimum Gasteiger partial charge on any atom is -0.395 e. The van der Waals surface area contributed by atoms with Crippen LogP contribution in [0.3, 0.4) is 0 Å². The fourth-order valence-electron chi connectivity index (χ4n) is 1.12. The Hall–Kier alpha value is -0.120. The standard InChI is InChI=1S/C6H13NO2/c8-4-5-3-6(9)1-2-7-5/h5-9H,1-4H2. The number of aliphatic hydroxyl groups is 2. The summed E-state index contributed by atoms with van der Waals surface area (Å²) in [5, 5.41) is 20.8. The van der Waals surface area contributed by atoms with E-state index in [1.54, 1.807) is 0 Å². The molecule has 0 amide bonds. The third-order valence-corrected chi connectivity index (χ3v) is 1.69. The summed E-state index contributed by atoms with van der Waals surface area (Å²) in [4.78, 5) is 0. The highest BCUT2D eigenvalue weighted by molar-refractivity contribution is 4.76. The first kappa shape index (κ1) is 6.99. The van der Waals surface area contributed by atoms with Gasteiger partial charge in [0.25, 0.3) is 0 Å². The van der Waals surface area contributed by atoms with Crippen molar-refractivity contribution in [1.82, 2.24) is 5.32 Å². The van der Waals surface area contributed by atoms with Crippen LogP contribution < -0.4 is 5.32 Å². The van der Waals surface area contributed by atoms with E-state index in [9.17, 15) is 0 Å². The molecule has 1 aliphatic heterocycles. The molecule has 1 fully saturated rings. The Morgan fingerprint density at radius 2 is 2.33 bits per heavy atom. The van der Waals surface area contributed by atoms with Gasteiger partial charge in [0.15, 0.2) is 0 Å². The first-order valence-corrected chi connectivity index (χ1v) is 3.35. The number of piperidine rings is 1. The van der Waals surface area contributed by atoms with E-state index in [4.69, 9.17) is 10.2 Å². The average Bonchev–Trinajstić information content (AvgIpc) is 1.88. The van der Waals surface area contributed by atoms with Crippen LogP contribution in [0.2, 0.25) is 0 Å². The maximum Gasteiger partial charge on any atom is 0.0585 e. The van der Waals surface area contributed by atoms with Gasteiger partial charge in [-0.25, -0.2) is 0 Å². The third kappa shape index (κ3) is 1.93. The molecule has 1 rings (SSSR count). The fourth-order valence-corrected chi connectivity index (χ4v) is 1.12. The van der Waals surface area contributed by atoms with E-state index in [2.05, 4.69) is 5.32 Å². The Bertz CT molecular complexity index is 87.1. The van der Waals surface area contributed by atoms with Gasteiger partial charge >= 0.3 is 0 Å². The molecule has 0 saturated carbocycles. The summed E-state index contributed by atoms with van der Waals surface area (Å²) >= 11 is 0. The fraction of sp³-hybridized carbons (Fsp3) is 1.00. The Kier molecular flexibility index (Phi) is 2.45. The monoisotopic (exact) mass is 131 g/mol. The summed E-state index contributed by atoms with van der Waals surface area (Å²) in [6, 6.07) is 0.119. The minimum atomic E-state index is -0.205. The molecular weight excluding hydrogens is 118 g/mol. The Labute approximate surface area is 54.7 Å². The van der Waals surface area contributed by atoms with E-state index in [-0.39, 0.29) is 18.8 Å². The zero-order valence-electron chi connectivity index (χ0n) is 5.38. The summed E-state index contributed by atoms with van der Waals surface area (Å²) in [6.07, 6.45) is 1.30. The normalized spacial score (nSPS) is 36.7. The van der Waals surface area contributed by atoms with Gasteiger partial charge in [-0.15, -0.1) is 0 Å². The average molecular weight is 131 g/mol. The van der Waals surface area contributed by atoms with Crippen molar-refractivity contribution < 1.29 is 10.2 Å². The van der Waals surface area contributed by atoms with E-state index in [1.165, 1.54) is 0 Å². The number of hydrogen-bond acceptors (Lipinski definition) is 3. The molecule has 0 aromatic carbocycles. The zero-order chi connectivity index (χ0) is 6.69. The molecule has 3 heteroatoms. The van der Waals surface area contributed by atoms with Gasteiger partial charge in [-0.1, -0.05) is 0 Å². The quantitative estimate of drug-likeness (QED) is 0.432. The van der Waals surface area contributed by atoms with E-state index >= 15 is 0 Å². The molecule has 2 atom stereocenters. The molecule has 3 nitrogen and oxygen atoms in total. The number of nitrogens with one attached hydrogen (secondary N) is 1. The summed E-state index contributed by atoms with van der Waals surface area (Å²) in [6.45, 7) is 0.962. The lowest BCUT2D eigenvalue weighted by atomic mass is 10.0. The largest absolute Gasteiger partial charge is 0.395 e. The first-order valence-electron chi connectivity index (χ1n) is 3.35. The first-order chi connectivity index (χ1) is 4.33. The second kappa shape index (κ2) is 3.15. The molecule has 0 aromatic heterocycles. The Morgan fingerprint density at radius 1 is 1.56 bits per heavy atom. The maximum absolute atomic E-state index is 9.06. The van der Waals surface area contributed by atoms with E-state index in [1.807, 2.05) is 0 Å². The number of aliphatic hydroxyl groups excluding tert-OH is 2. The second-order valence-electron chi connectivity index (χ2n) is 2.51. The minimum absolute atomic E-state index is 0.119. The van der Waals surface area contributed by atoms with Crippen LogP contribution in [0.4, 0.5) is 0 Å². The number of hydrogen-bond donors (Lipinski definition) is 3. The molecule has 0 bridgehead atoms. The summed E-state index contributed by atoms with van der Waals surface area (Å²) in [5.41, 5.74) is 0. The van der Waals surface area contributed by atoms with Crippen LogP contribution in [-0.4, -0.2) is 35.5 Å². The third-order valence-electron chi connectivity index (χ3n) is 1.69. The van der Waals surface area contributed by atoms with Crippen molar-refractivity contribution >= 4 is 0 Å². The zero-order valence-corrected chi connectivity index (χ0v) is 5.38. The highest BCUT2D eigenvalue weighted by Gasteiger charge is 2.17. The molecule has 0 spiro atoms. The van der Waals surface area contributed by atoms with Crippen LogP contribution in [0.5, 0.6) is 0 Å². The van der Waals surface area contributed by atoms with Crippen molar-refractivity contribution in [1.29, 1.82) is 0 Å². The molecule has 1 heterocycles. The predicted octanol–water partition coefficient (Wildman–Crippen LogP) is -0.908. The van der Waals surface area contributed by atoms with E-state index in [0.717, 1.165) is 13.0 Å². The Morgan fingerprint density at radius 3 is 2.78 bits per heavy atom. The van der Waals surface area contributed by atoms with Crippen molar-refractivity contribution in [3.8, 4) is 0 Å². The Balaban J connectivity index is 2.23. The van der Waals surface area contributed by atoms with Gasteiger partial charge in [0, 0.05) is 6.04 Å². The van der Waals surface area contributed by atoms with Gasteiger partial charge in [0.1, 0.15) is 0 Å². The maximum atomic E-state index is 9.06. The summed E-state index contributed by atoms with van der Waals surface area (Å²) in [7, 11) is 0. The van der Waals surface area contributed by atoms with Crippen LogP contribution in [0.15, 0.2) is 0 Å². The molecule has 1 saturated heterocycles. The molecule has 2 unspecified atom stereocenters. The molecule has 0 radical (unpaired) electrons. The molecule has 9 heavy (non-hydrogen) atoms. The smallest absolute Gasteiger partial charge is 0.0585 e. The van der Waals surface area contributed by atoms with Gasteiger partial charge in [0.2, 0.25) is 0 Å². The summed E-state index contributed by atoms with van der Waals surface area (Å²) in [5.74, 6) is 0. The topological polar surface area (TPSA) is 52.5 Å². The van der Waals surface area contributed by atoms with E-state index < -0.39 is 0 Å². The molecule has 1 aliphatic rings. The molecular formula is C6H13NO2. The lowest BCUT2D eigenvalue weighted by molar-refractivity contribution is 0.0956. The van der Waals surface area contributed by atoms with Crippen molar-refractivity contribution in [2.24, 2.45) is 0 Å². The highest BCUT2D eigenvalue weighted by atomic mass is 16.3. The lowest BCUT2D eigenvalue weighted by Crippen LogP contribution is -2.42.